The maximum Gasteiger partial charge on any atom is 0.262 e. The van der Waals surface area contributed by atoms with Gasteiger partial charge in [0.05, 0.1) is 23.8 Å². The number of rotatable bonds is 3. The molecule has 0 bridgehead atoms. The number of nitrogens with one attached hydrogen (secondary N) is 2. The molecule has 4 aromatic rings. The second-order valence-corrected chi connectivity index (χ2v) is 8.68. The van der Waals surface area contributed by atoms with E-state index in [1.54, 1.807) is 12.4 Å². The monoisotopic (exact) mass is 397 g/mol. The molecule has 0 spiro atoms. The summed E-state index contributed by atoms with van der Waals surface area (Å²) < 4.78 is 0. The van der Waals surface area contributed by atoms with Gasteiger partial charge in [-0.25, -0.2) is 4.98 Å². The van der Waals surface area contributed by atoms with Crippen molar-refractivity contribution < 1.29 is 4.79 Å². The van der Waals surface area contributed by atoms with E-state index in [0.717, 1.165) is 27.8 Å². The molecule has 1 amide bonds. The first-order valence-corrected chi connectivity index (χ1v) is 10.0. The van der Waals surface area contributed by atoms with Crippen LogP contribution in [0.2, 0.25) is 0 Å². The van der Waals surface area contributed by atoms with Gasteiger partial charge in [-0.3, -0.25) is 9.89 Å². The van der Waals surface area contributed by atoms with Crippen LogP contribution in [0.5, 0.6) is 0 Å². The summed E-state index contributed by atoms with van der Waals surface area (Å²) in [5, 5.41) is 11.4. The summed E-state index contributed by atoms with van der Waals surface area (Å²) in [5.41, 5.74) is 5.60. The highest BCUT2D eigenvalue weighted by molar-refractivity contribution is 6.13. The maximum atomic E-state index is 13.3. The first-order chi connectivity index (χ1) is 14.4. The van der Waals surface area contributed by atoms with E-state index in [2.05, 4.69) is 53.4 Å². The van der Waals surface area contributed by atoms with Crippen molar-refractivity contribution in [2.24, 2.45) is 0 Å². The Bertz CT molecular complexity index is 1250. The molecule has 0 saturated heterocycles. The van der Waals surface area contributed by atoms with Gasteiger partial charge in [0.15, 0.2) is 0 Å². The van der Waals surface area contributed by atoms with Crippen LogP contribution < -0.4 is 10.2 Å². The average Bonchev–Trinajstić information content (AvgIpc) is 3.32. The van der Waals surface area contributed by atoms with E-state index >= 15 is 0 Å². The van der Waals surface area contributed by atoms with Gasteiger partial charge in [-0.15, -0.1) is 0 Å². The molecular weight excluding hydrogens is 374 g/mol. The van der Waals surface area contributed by atoms with Crippen LogP contribution >= 0.6 is 0 Å². The number of aromatic amines is 1. The summed E-state index contributed by atoms with van der Waals surface area (Å²) in [7, 11) is 0. The molecule has 6 heteroatoms. The molecule has 150 valence electrons. The average molecular weight is 397 g/mol. The van der Waals surface area contributed by atoms with Crippen LogP contribution in [0.4, 0.5) is 17.2 Å². The molecule has 2 N–H and O–H groups in total. The highest BCUT2D eigenvalue weighted by Gasteiger charge is 2.32. The number of hydrogen-bond donors (Lipinski definition) is 2. The summed E-state index contributed by atoms with van der Waals surface area (Å²) in [6, 6.07) is 16.1. The summed E-state index contributed by atoms with van der Waals surface area (Å²) in [5.74, 6) is 0.539. The number of H-pyrrole nitrogens is 1. The normalized spacial score (nSPS) is 13.7. The third-order valence-electron chi connectivity index (χ3n) is 5.57. The second kappa shape index (κ2) is 6.69. The summed E-state index contributed by atoms with van der Waals surface area (Å²) >= 11 is 0. The number of benzene rings is 2. The van der Waals surface area contributed by atoms with Crippen molar-refractivity contribution in [1.82, 2.24) is 15.2 Å². The van der Waals surface area contributed by atoms with Crippen molar-refractivity contribution in [3.8, 4) is 0 Å². The lowest BCUT2D eigenvalue weighted by Gasteiger charge is -2.21. The minimum atomic E-state index is -0.0354. The van der Waals surface area contributed by atoms with Crippen LogP contribution in [-0.2, 0) is 12.0 Å². The third kappa shape index (κ3) is 3.10. The predicted molar refractivity (Wildman–Crippen MR) is 119 cm³/mol. The molecule has 0 saturated carbocycles. The zero-order chi connectivity index (χ0) is 20.9. The number of carbonyl (C=O) groups is 1. The Balaban J connectivity index is 1.45. The van der Waals surface area contributed by atoms with Gasteiger partial charge in [-0.05, 0) is 52.9 Å². The fourth-order valence-corrected chi connectivity index (χ4v) is 3.85. The van der Waals surface area contributed by atoms with Crippen LogP contribution in [0.3, 0.4) is 0 Å². The molecule has 2 aromatic heterocycles. The number of carbonyl (C=O) groups excluding carboxylic acids is 1. The Hall–Kier alpha value is -3.67. The molecule has 0 radical (unpaired) electrons. The number of anilines is 3. The SMILES string of the molecule is CC(C)(C)c1ccc(N2Cc3ccnc(Nc4ccc5cn[nH]c5c4)c3C2=O)cc1. The topological polar surface area (TPSA) is 73.9 Å². The van der Waals surface area contributed by atoms with Gasteiger partial charge < -0.3 is 10.2 Å². The first-order valence-electron chi connectivity index (χ1n) is 10.0. The highest BCUT2D eigenvalue weighted by Crippen LogP contribution is 2.34. The summed E-state index contributed by atoms with van der Waals surface area (Å²) in [4.78, 5) is 19.6. The van der Waals surface area contributed by atoms with Crippen molar-refractivity contribution in [3.05, 3.63) is 77.6 Å². The van der Waals surface area contributed by atoms with Crippen molar-refractivity contribution in [3.63, 3.8) is 0 Å². The quantitative estimate of drug-likeness (QED) is 0.501. The Labute approximate surface area is 174 Å². The van der Waals surface area contributed by atoms with Gasteiger partial charge in [-0.1, -0.05) is 32.9 Å². The lowest BCUT2D eigenvalue weighted by atomic mass is 9.87. The van der Waals surface area contributed by atoms with Gasteiger partial charge >= 0.3 is 0 Å². The fraction of sp³-hybridized carbons (Fsp3) is 0.208. The van der Waals surface area contributed by atoms with Crippen molar-refractivity contribution in [2.45, 2.75) is 32.7 Å². The fourth-order valence-electron chi connectivity index (χ4n) is 3.85. The molecule has 0 fully saturated rings. The molecule has 5 rings (SSSR count). The van der Waals surface area contributed by atoms with E-state index in [0.29, 0.717) is 17.9 Å². The van der Waals surface area contributed by atoms with Crippen LogP contribution in [0.25, 0.3) is 10.9 Å². The smallest absolute Gasteiger partial charge is 0.262 e. The second-order valence-electron chi connectivity index (χ2n) is 8.68. The highest BCUT2D eigenvalue weighted by atomic mass is 16.2. The number of pyridine rings is 1. The Morgan fingerprint density at radius 3 is 2.63 bits per heavy atom. The Morgan fingerprint density at radius 2 is 1.87 bits per heavy atom. The van der Waals surface area contributed by atoms with Crippen LogP contribution in [-0.4, -0.2) is 21.1 Å². The lowest BCUT2D eigenvalue weighted by molar-refractivity contribution is 0.0997. The van der Waals surface area contributed by atoms with E-state index in [1.807, 2.05) is 41.3 Å². The van der Waals surface area contributed by atoms with E-state index in [1.165, 1.54) is 5.56 Å². The number of hydrogen-bond acceptors (Lipinski definition) is 4. The van der Waals surface area contributed by atoms with Gasteiger partial charge in [0.2, 0.25) is 0 Å². The summed E-state index contributed by atoms with van der Waals surface area (Å²) in [6.45, 7) is 7.09. The Morgan fingerprint density at radius 1 is 1.07 bits per heavy atom. The minimum absolute atomic E-state index is 0.0354. The van der Waals surface area contributed by atoms with Gasteiger partial charge in [0.1, 0.15) is 5.82 Å². The molecule has 3 heterocycles. The van der Waals surface area contributed by atoms with Gasteiger partial charge in [0, 0.05) is 23.0 Å². The molecule has 0 unspecified atom stereocenters. The van der Waals surface area contributed by atoms with Crippen molar-refractivity contribution >= 4 is 34.0 Å². The van der Waals surface area contributed by atoms with Crippen LogP contribution in [0.1, 0.15) is 42.3 Å². The maximum absolute atomic E-state index is 13.3. The lowest BCUT2D eigenvalue weighted by Crippen LogP contribution is -2.23. The molecule has 6 nitrogen and oxygen atoms in total. The molecular formula is C24H23N5O. The van der Waals surface area contributed by atoms with Gasteiger partial charge in [-0.2, -0.15) is 5.10 Å². The van der Waals surface area contributed by atoms with Crippen molar-refractivity contribution in [2.75, 3.05) is 10.2 Å². The standard InChI is InChI=1S/C24H23N5O/c1-24(2,3)17-5-8-19(9-6-17)29-14-16-10-11-25-22(21(16)23(29)30)27-18-7-4-15-13-26-28-20(15)12-18/h4-13H,14H2,1-3H3,(H,25,27)(H,26,28). The molecule has 0 atom stereocenters. The zero-order valence-corrected chi connectivity index (χ0v) is 17.2. The zero-order valence-electron chi connectivity index (χ0n) is 17.2. The number of nitrogens with zero attached hydrogens (tertiary/aromatic N) is 3. The van der Waals surface area contributed by atoms with E-state index in [9.17, 15) is 4.79 Å². The molecule has 30 heavy (non-hydrogen) atoms. The molecule has 1 aliphatic heterocycles. The molecule has 2 aromatic carbocycles. The van der Waals surface area contributed by atoms with Crippen molar-refractivity contribution in [1.29, 1.82) is 0 Å². The third-order valence-corrected chi connectivity index (χ3v) is 5.57. The summed E-state index contributed by atoms with van der Waals surface area (Å²) in [6.07, 6.45) is 3.53. The number of amides is 1. The number of aromatic nitrogens is 3. The molecule has 1 aliphatic rings. The van der Waals surface area contributed by atoms with E-state index in [-0.39, 0.29) is 11.3 Å². The first kappa shape index (κ1) is 18.4. The minimum Gasteiger partial charge on any atom is -0.339 e. The van der Waals surface area contributed by atoms with Gasteiger partial charge in [0.25, 0.3) is 5.91 Å². The van der Waals surface area contributed by atoms with Crippen LogP contribution in [0.15, 0.2) is 60.9 Å². The van der Waals surface area contributed by atoms with E-state index < -0.39 is 0 Å². The number of fused-ring (bicyclic) bond motifs is 2. The van der Waals surface area contributed by atoms with E-state index in [4.69, 9.17) is 0 Å². The molecule has 0 aliphatic carbocycles. The Kier molecular flexibility index (Phi) is 4.10. The van der Waals surface area contributed by atoms with Crippen LogP contribution in [0, 0.1) is 0 Å². The largest absolute Gasteiger partial charge is 0.339 e. The predicted octanol–water partition coefficient (Wildman–Crippen LogP) is 5.16.